The molecule has 1 atom stereocenters. The number of rotatable bonds is 6. The number of hydrogen-bond acceptors (Lipinski definition) is 4. The van der Waals surface area contributed by atoms with E-state index < -0.39 is 0 Å². The van der Waals surface area contributed by atoms with Crippen LogP contribution in [0.5, 0.6) is 0 Å². The van der Waals surface area contributed by atoms with Crippen molar-refractivity contribution in [3.05, 3.63) is 52.4 Å². The molecule has 2 amide bonds. The number of halogens is 1. The largest absolute Gasteiger partial charge is 0.361 e. The smallest absolute Gasteiger partial charge is 0.276 e. The van der Waals surface area contributed by atoms with Gasteiger partial charge in [0.2, 0.25) is 5.91 Å². The molecule has 2 heterocycles. The lowest BCUT2D eigenvalue weighted by Gasteiger charge is -2.32. The summed E-state index contributed by atoms with van der Waals surface area (Å²) in [6, 6.07) is 9.14. The molecule has 1 fully saturated rings. The summed E-state index contributed by atoms with van der Waals surface area (Å²) in [5, 5.41) is 7.38. The van der Waals surface area contributed by atoms with Crippen LogP contribution in [0, 0.1) is 12.8 Å². The van der Waals surface area contributed by atoms with E-state index >= 15 is 0 Å². The zero-order valence-electron chi connectivity index (χ0n) is 15.4. The van der Waals surface area contributed by atoms with Crippen LogP contribution >= 0.6 is 11.6 Å². The van der Waals surface area contributed by atoms with Gasteiger partial charge in [0, 0.05) is 37.1 Å². The number of nitrogens with zero attached hydrogens (tertiary/aromatic N) is 2. The Labute approximate surface area is 163 Å². The average Bonchev–Trinajstić information content (AvgIpc) is 3.11. The Hall–Kier alpha value is -2.34. The maximum atomic E-state index is 12.5. The van der Waals surface area contributed by atoms with E-state index in [-0.39, 0.29) is 11.8 Å². The Morgan fingerprint density at radius 3 is 2.93 bits per heavy atom. The van der Waals surface area contributed by atoms with Gasteiger partial charge in [0.25, 0.3) is 5.91 Å². The van der Waals surface area contributed by atoms with Gasteiger partial charge in [0.1, 0.15) is 5.76 Å². The van der Waals surface area contributed by atoms with Crippen molar-refractivity contribution in [3.8, 4) is 0 Å². The van der Waals surface area contributed by atoms with Crippen LogP contribution < -0.4 is 5.32 Å². The summed E-state index contributed by atoms with van der Waals surface area (Å²) in [7, 11) is 0. The standard InChI is InChI=1S/C20H24ClN3O3/c1-14-11-18(23-27-14)20(26)24-10-4-5-15(13-24)8-9-19(25)22-12-16-6-2-3-7-17(16)21/h2-3,6-7,11,15H,4-5,8-10,12-13H2,1H3,(H,22,25)/t15-/m1/s1. The molecule has 1 N–H and O–H groups in total. The van der Waals surface area contributed by atoms with E-state index in [0.717, 1.165) is 31.4 Å². The minimum atomic E-state index is -0.0975. The van der Waals surface area contributed by atoms with Gasteiger partial charge in [-0.05, 0) is 43.7 Å². The monoisotopic (exact) mass is 389 g/mol. The molecule has 0 bridgehead atoms. The summed E-state index contributed by atoms with van der Waals surface area (Å²) >= 11 is 6.10. The number of aryl methyl sites for hydroxylation is 1. The highest BCUT2D eigenvalue weighted by molar-refractivity contribution is 6.31. The van der Waals surface area contributed by atoms with Crippen molar-refractivity contribution in [1.29, 1.82) is 0 Å². The maximum Gasteiger partial charge on any atom is 0.276 e. The molecular weight excluding hydrogens is 366 g/mol. The highest BCUT2D eigenvalue weighted by atomic mass is 35.5. The van der Waals surface area contributed by atoms with Crippen molar-refractivity contribution < 1.29 is 14.1 Å². The van der Waals surface area contributed by atoms with Crippen LogP contribution in [0.2, 0.25) is 5.02 Å². The molecule has 1 aliphatic rings. The van der Waals surface area contributed by atoms with Crippen molar-refractivity contribution in [3.63, 3.8) is 0 Å². The molecule has 0 spiro atoms. The van der Waals surface area contributed by atoms with Crippen molar-refractivity contribution in [2.24, 2.45) is 5.92 Å². The van der Waals surface area contributed by atoms with Gasteiger partial charge in [-0.3, -0.25) is 9.59 Å². The van der Waals surface area contributed by atoms with E-state index in [0.29, 0.717) is 41.9 Å². The summed E-state index contributed by atoms with van der Waals surface area (Å²) in [4.78, 5) is 26.5. The van der Waals surface area contributed by atoms with E-state index in [4.69, 9.17) is 16.1 Å². The number of likely N-dealkylation sites (tertiary alicyclic amines) is 1. The van der Waals surface area contributed by atoms with Crippen LogP contribution in [0.4, 0.5) is 0 Å². The molecule has 0 unspecified atom stereocenters. The van der Waals surface area contributed by atoms with Crippen molar-refractivity contribution >= 4 is 23.4 Å². The van der Waals surface area contributed by atoms with E-state index in [2.05, 4.69) is 10.5 Å². The predicted octanol–water partition coefficient (Wildman–Crippen LogP) is 3.59. The normalized spacial score (nSPS) is 17.0. The number of amides is 2. The number of hydrogen-bond donors (Lipinski definition) is 1. The molecule has 2 aromatic rings. The number of nitrogens with one attached hydrogen (secondary N) is 1. The lowest BCUT2D eigenvalue weighted by molar-refractivity contribution is -0.121. The summed E-state index contributed by atoms with van der Waals surface area (Å²) in [5.41, 5.74) is 1.26. The first kappa shape index (κ1) is 19.4. The topological polar surface area (TPSA) is 75.4 Å². The molecule has 6 nitrogen and oxygen atoms in total. The van der Waals surface area contributed by atoms with Gasteiger partial charge in [-0.1, -0.05) is 35.0 Å². The molecule has 1 aromatic heterocycles. The second-order valence-corrected chi connectivity index (χ2v) is 7.40. The number of aromatic nitrogens is 1. The third kappa shape index (κ3) is 5.32. The molecule has 0 aliphatic carbocycles. The van der Waals surface area contributed by atoms with Crippen LogP contribution in [0.1, 0.15) is 47.5 Å². The first-order valence-electron chi connectivity index (χ1n) is 9.25. The summed E-state index contributed by atoms with van der Waals surface area (Å²) in [6.07, 6.45) is 3.17. The molecule has 0 radical (unpaired) electrons. The fraction of sp³-hybridized carbons (Fsp3) is 0.450. The van der Waals surface area contributed by atoms with Crippen molar-refractivity contribution in [2.45, 2.75) is 39.2 Å². The highest BCUT2D eigenvalue weighted by Crippen LogP contribution is 2.22. The minimum Gasteiger partial charge on any atom is -0.361 e. The minimum absolute atomic E-state index is 0.00509. The first-order valence-corrected chi connectivity index (χ1v) is 9.63. The molecular formula is C20H24ClN3O3. The molecule has 7 heteroatoms. The number of piperidine rings is 1. The Kier molecular flexibility index (Phi) is 6.50. The summed E-state index contributed by atoms with van der Waals surface area (Å²) in [6.45, 7) is 3.58. The quantitative estimate of drug-likeness (QED) is 0.819. The fourth-order valence-corrected chi connectivity index (χ4v) is 3.58. The molecule has 27 heavy (non-hydrogen) atoms. The molecule has 1 aliphatic heterocycles. The van der Waals surface area contributed by atoms with Crippen LogP contribution in [-0.4, -0.2) is 35.0 Å². The van der Waals surface area contributed by atoms with Crippen molar-refractivity contribution in [2.75, 3.05) is 13.1 Å². The van der Waals surface area contributed by atoms with Gasteiger partial charge in [-0.25, -0.2) is 0 Å². The summed E-state index contributed by atoms with van der Waals surface area (Å²) < 4.78 is 4.99. The Bertz CT molecular complexity index is 805. The average molecular weight is 390 g/mol. The molecule has 0 saturated carbocycles. The lowest BCUT2D eigenvalue weighted by atomic mass is 9.93. The second-order valence-electron chi connectivity index (χ2n) is 6.99. The molecule has 1 saturated heterocycles. The van der Waals surface area contributed by atoms with Gasteiger partial charge in [0.05, 0.1) is 0 Å². The SMILES string of the molecule is Cc1cc(C(=O)N2CCC[C@H](CCC(=O)NCc3ccccc3Cl)C2)no1. The van der Waals surface area contributed by atoms with Crippen LogP contribution in [0.25, 0.3) is 0 Å². The third-order valence-electron chi connectivity index (χ3n) is 4.87. The van der Waals surface area contributed by atoms with Crippen LogP contribution in [-0.2, 0) is 11.3 Å². The lowest BCUT2D eigenvalue weighted by Crippen LogP contribution is -2.40. The van der Waals surface area contributed by atoms with Crippen molar-refractivity contribution in [1.82, 2.24) is 15.4 Å². The van der Waals surface area contributed by atoms with Gasteiger partial charge < -0.3 is 14.7 Å². The zero-order chi connectivity index (χ0) is 19.2. The van der Waals surface area contributed by atoms with Gasteiger partial charge in [0.15, 0.2) is 5.69 Å². The fourth-order valence-electron chi connectivity index (χ4n) is 3.37. The van der Waals surface area contributed by atoms with Gasteiger partial charge in [-0.15, -0.1) is 0 Å². The summed E-state index contributed by atoms with van der Waals surface area (Å²) in [5.74, 6) is 0.856. The van der Waals surface area contributed by atoms with Crippen LogP contribution in [0.15, 0.2) is 34.9 Å². The van der Waals surface area contributed by atoms with Crippen LogP contribution in [0.3, 0.4) is 0 Å². The second kappa shape index (κ2) is 9.04. The third-order valence-corrected chi connectivity index (χ3v) is 5.24. The Balaban J connectivity index is 1.44. The van der Waals surface area contributed by atoms with Gasteiger partial charge >= 0.3 is 0 Å². The van der Waals surface area contributed by atoms with E-state index in [1.54, 1.807) is 13.0 Å². The molecule has 144 valence electrons. The molecule has 1 aromatic carbocycles. The Morgan fingerprint density at radius 1 is 1.37 bits per heavy atom. The van der Waals surface area contributed by atoms with E-state index in [1.165, 1.54) is 0 Å². The van der Waals surface area contributed by atoms with E-state index in [1.807, 2.05) is 29.2 Å². The zero-order valence-corrected chi connectivity index (χ0v) is 16.2. The number of carbonyl (C=O) groups is 2. The number of carbonyl (C=O) groups excluding carboxylic acids is 2. The number of benzene rings is 1. The Morgan fingerprint density at radius 2 is 2.19 bits per heavy atom. The van der Waals surface area contributed by atoms with E-state index in [9.17, 15) is 9.59 Å². The molecule has 3 rings (SSSR count). The van der Waals surface area contributed by atoms with Gasteiger partial charge in [-0.2, -0.15) is 0 Å². The maximum absolute atomic E-state index is 12.5. The first-order chi connectivity index (χ1) is 13.0. The predicted molar refractivity (Wildman–Crippen MR) is 102 cm³/mol. The highest BCUT2D eigenvalue weighted by Gasteiger charge is 2.26.